The van der Waals surface area contributed by atoms with Crippen LogP contribution in [-0.4, -0.2) is 15.8 Å². The molecule has 0 aromatic heterocycles. The number of hydrogen-bond acceptors (Lipinski definition) is 2. The Morgan fingerprint density at radius 2 is 1.82 bits per heavy atom. The van der Waals surface area contributed by atoms with Crippen LogP contribution in [0.1, 0.15) is 20.8 Å². The second-order valence-corrected chi connectivity index (χ2v) is 3.77. The summed E-state index contributed by atoms with van der Waals surface area (Å²) in [5, 5.41) is 18.9. The number of rotatable bonds is 0. The Bertz CT molecular complexity index is 222. The van der Waals surface area contributed by atoms with E-state index in [4.69, 9.17) is 5.11 Å². The number of allylic oxidation sites excluding steroid dienone is 1. The predicted molar refractivity (Wildman–Crippen MR) is 44.3 cm³/mol. The topological polar surface area (TPSA) is 40.5 Å². The van der Waals surface area contributed by atoms with Crippen molar-refractivity contribution in [3.8, 4) is 0 Å². The van der Waals surface area contributed by atoms with Crippen molar-refractivity contribution in [2.24, 2.45) is 5.41 Å². The van der Waals surface area contributed by atoms with Gasteiger partial charge in [0, 0.05) is 5.41 Å². The lowest BCUT2D eigenvalue weighted by atomic mass is 9.73. The third-order valence-electron chi connectivity index (χ3n) is 2.39. The summed E-state index contributed by atoms with van der Waals surface area (Å²) < 4.78 is 0. The minimum absolute atomic E-state index is 0.224. The molecule has 2 heteroatoms. The molecule has 1 aliphatic carbocycles. The lowest BCUT2D eigenvalue weighted by molar-refractivity contribution is 0.0164. The number of aliphatic hydroxyl groups is 2. The van der Waals surface area contributed by atoms with E-state index in [-0.39, 0.29) is 5.76 Å². The van der Waals surface area contributed by atoms with E-state index in [1.807, 2.05) is 13.8 Å². The van der Waals surface area contributed by atoms with E-state index in [1.165, 1.54) is 6.08 Å². The molecule has 1 atom stereocenters. The van der Waals surface area contributed by atoms with E-state index in [9.17, 15) is 5.11 Å². The average Bonchev–Trinajstić information content (AvgIpc) is 1.80. The molecule has 0 aliphatic heterocycles. The summed E-state index contributed by atoms with van der Waals surface area (Å²) in [6.45, 7) is 5.49. The second-order valence-electron chi connectivity index (χ2n) is 3.77. The monoisotopic (exact) mass is 154 g/mol. The van der Waals surface area contributed by atoms with Gasteiger partial charge in [0.1, 0.15) is 5.76 Å². The molecular formula is C9H14O2. The standard InChI is InChI=1S/C9H14O2/c1-8(2)6-7(10)4-5-9(8,3)11/h4-6,10-11H,1-3H3. The van der Waals surface area contributed by atoms with Gasteiger partial charge in [-0.15, -0.1) is 0 Å². The molecule has 0 amide bonds. The smallest absolute Gasteiger partial charge is 0.112 e. The van der Waals surface area contributed by atoms with Gasteiger partial charge in [-0.1, -0.05) is 13.8 Å². The van der Waals surface area contributed by atoms with Gasteiger partial charge in [-0.2, -0.15) is 0 Å². The maximum Gasteiger partial charge on any atom is 0.112 e. The van der Waals surface area contributed by atoms with Crippen LogP contribution in [0.15, 0.2) is 24.0 Å². The third-order valence-corrected chi connectivity index (χ3v) is 2.39. The summed E-state index contributed by atoms with van der Waals surface area (Å²) in [6, 6.07) is 0. The first kappa shape index (κ1) is 8.34. The van der Waals surface area contributed by atoms with Gasteiger partial charge in [0.15, 0.2) is 0 Å². The molecule has 0 bridgehead atoms. The van der Waals surface area contributed by atoms with Crippen molar-refractivity contribution < 1.29 is 10.2 Å². The fourth-order valence-electron chi connectivity index (χ4n) is 1.03. The first-order valence-electron chi connectivity index (χ1n) is 3.69. The zero-order valence-corrected chi connectivity index (χ0v) is 7.13. The van der Waals surface area contributed by atoms with E-state index in [0.29, 0.717) is 0 Å². The molecule has 0 spiro atoms. The van der Waals surface area contributed by atoms with Crippen molar-refractivity contribution >= 4 is 0 Å². The number of aliphatic hydroxyl groups excluding tert-OH is 1. The van der Waals surface area contributed by atoms with Gasteiger partial charge in [-0.3, -0.25) is 0 Å². The fraction of sp³-hybridized carbons (Fsp3) is 0.556. The zero-order valence-electron chi connectivity index (χ0n) is 7.13. The Kier molecular flexibility index (Phi) is 1.60. The van der Waals surface area contributed by atoms with Gasteiger partial charge in [0.05, 0.1) is 5.60 Å². The molecule has 0 aromatic carbocycles. The maximum absolute atomic E-state index is 9.78. The minimum Gasteiger partial charge on any atom is -0.508 e. The Morgan fingerprint density at radius 1 is 1.27 bits per heavy atom. The molecular weight excluding hydrogens is 140 g/mol. The highest BCUT2D eigenvalue weighted by atomic mass is 16.3. The quantitative estimate of drug-likeness (QED) is 0.558. The van der Waals surface area contributed by atoms with Crippen LogP contribution in [-0.2, 0) is 0 Å². The molecule has 1 aliphatic rings. The first-order valence-corrected chi connectivity index (χ1v) is 3.69. The molecule has 0 saturated carbocycles. The van der Waals surface area contributed by atoms with E-state index < -0.39 is 11.0 Å². The summed E-state index contributed by atoms with van der Waals surface area (Å²) in [5.74, 6) is 0.224. The minimum atomic E-state index is -0.862. The molecule has 0 radical (unpaired) electrons. The van der Waals surface area contributed by atoms with Crippen LogP contribution in [0.2, 0.25) is 0 Å². The summed E-state index contributed by atoms with van der Waals surface area (Å²) in [6.07, 6.45) is 4.79. The van der Waals surface area contributed by atoms with E-state index in [2.05, 4.69) is 0 Å². The highest BCUT2D eigenvalue weighted by Crippen LogP contribution is 2.37. The zero-order chi connectivity index (χ0) is 8.70. The molecule has 0 fully saturated rings. The van der Waals surface area contributed by atoms with Crippen LogP contribution in [0.5, 0.6) is 0 Å². The average molecular weight is 154 g/mol. The van der Waals surface area contributed by atoms with Crippen molar-refractivity contribution in [2.45, 2.75) is 26.4 Å². The SMILES string of the molecule is CC1(C)C=C(O)C=CC1(C)O. The van der Waals surface area contributed by atoms with Crippen molar-refractivity contribution in [2.75, 3.05) is 0 Å². The van der Waals surface area contributed by atoms with Crippen LogP contribution in [0.4, 0.5) is 0 Å². The largest absolute Gasteiger partial charge is 0.508 e. The van der Waals surface area contributed by atoms with Gasteiger partial charge < -0.3 is 10.2 Å². The Morgan fingerprint density at radius 3 is 2.18 bits per heavy atom. The van der Waals surface area contributed by atoms with Crippen molar-refractivity contribution in [3.63, 3.8) is 0 Å². The van der Waals surface area contributed by atoms with Crippen LogP contribution in [0.25, 0.3) is 0 Å². The summed E-state index contributed by atoms with van der Waals surface area (Å²) >= 11 is 0. The molecule has 2 N–H and O–H groups in total. The summed E-state index contributed by atoms with van der Waals surface area (Å²) in [5.41, 5.74) is -1.26. The van der Waals surface area contributed by atoms with Crippen LogP contribution < -0.4 is 0 Å². The molecule has 0 aromatic rings. The Balaban J connectivity index is 3.04. The van der Waals surface area contributed by atoms with Crippen molar-refractivity contribution in [3.05, 3.63) is 24.0 Å². The molecule has 0 heterocycles. The Labute approximate surface area is 66.9 Å². The van der Waals surface area contributed by atoms with Gasteiger partial charge >= 0.3 is 0 Å². The van der Waals surface area contributed by atoms with Crippen LogP contribution in [0, 0.1) is 5.41 Å². The Hall–Kier alpha value is -0.760. The van der Waals surface area contributed by atoms with E-state index in [1.54, 1.807) is 19.1 Å². The molecule has 2 nitrogen and oxygen atoms in total. The molecule has 11 heavy (non-hydrogen) atoms. The van der Waals surface area contributed by atoms with Gasteiger partial charge in [-0.05, 0) is 25.2 Å². The van der Waals surface area contributed by atoms with Gasteiger partial charge in [0.25, 0.3) is 0 Å². The van der Waals surface area contributed by atoms with Gasteiger partial charge in [-0.25, -0.2) is 0 Å². The summed E-state index contributed by atoms with van der Waals surface area (Å²) in [7, 11) is 0. The third kappa shape index (κ3) is 1.31. The van der Waals surface area contributed by atoms with Crippen molar-refractivity contribution in [1.82, 2.24) is 0 Å². The maximum atomic E-state index is 9.78. The van der Waals surface area contributed by atoms with E-state index >= 15 is 0 Å². The van der Waals surface area contributed by atoms with Crippen molar-refractivity contribution in [1.29, 1.82) is 0 Å². The lowest BCUT2D eigenvalue weighted by Gasteiger charge is -2.37. The normalized spacial score (nSPS) is 35.1. The van der Waals surface area contributed by atoms with Crippen LogP contribution >= 0.6 is 0 Å². The highest BCUT2D eigenvalue weighted by Gasteiger charge is 2.37. The first-order chi connectivity index (χ1) is 4.85. The molecule has 1 unspecified atom stereocenters. The number of hydrogen-bond donors (Lipinski definition) is 2. The highest BCUT2D eigenvalue weighted by molar-refractivity contribution is 5.27. The molecule has 1 rings (SSSR count). The molecule has 62 valence electrons. The summed E-state index contributed by atoms with van der Waals surface area (Å²) in [4.78, 5) is 0. The van der Waals surface area contributed by atoms with Crippen LogP contribution in [0.3, 0.4) is 0 Å². The second kappa shape index (κ2) is 2.11. The van der Waals surface area contributed by atoms with E-state index in [0.717, 1.165) is 0 Å². The lowest BCUT2D eigenvalue weighted by Crippen LogP contribution is -2.40. The predicted octanol–water partition coefficient (Wildman–Crippen LogP) is 1.78. The fourth-order valence-corrected chi connectivity index (χ4v) is 1.03. The molecule has 0 saturated heterocycles. The van der Waals surface area contributed by atoms with Gasteiger partial charge in [0.2, 0.25) is 0 Å².